The van der Waals surface area contributed by atoms with Crippen molar-refractivity contribution in [1.29, 1.82) is 0 Å². The Kier molecular flexibility index (Phi) is 5.68. The van der Waals surface area contributed by atoms with Crippen molar-refractivity contribution in [3.63, 3.8) is 0 Å². The molecule has 0 spiro atoms. The van der Waals surface area contributed by atoms with E-state index in [0.717, 1.165) is 0 Å². The predicted octanol–water partition coefficient (Wildman–Crippen LogP) is 0.629. The van der Waals surface area contributed by atoms with Crippen LogP contribution in [0.15, 0.2) is 47.5 Å². The molecule has 1 aromatic heterocycles. The van der Waals surface area contributed by atoms with Crippen LogP contribution >= 0.6 is 0 Å². The monoisotopic (exact) mass is 393 g/mol. The number of piperazine rings is 1. The molecule has 10 heteroatoms. The lowest BCUT2D eigenvalue weighted by Crippen LogP contribution is -2.48. The van der Waals surface area contributed by atoms with Gasteiger partial charge in [-0.05, 0) is 30.3 Å². The van der Waals surface area contributed by atoms with Gasteiger partial charge in [-0.25, -0.2) is 22.9 Å². The maximum Gasteiger partial charge on any atom is 0.239 e. The van der Waals surface area contributed by atoms with E-state index >= 15 is 0 Å². The number of nitrogens with one attached hydrogen (secondary N) is 1. The number of nitrogens with zero attached hydrogens (tertiary/aromatic N) is 3. The zero-order chi connectivity index (χ0) is 19.4. The van der Waals surface area contributed by atoms with Crippen molar-refractivity contribution in [1.82, 2.24) is 9.88 Å². The van der Waals surface area contributed by atoms with Crippen LogP contribution in [-0.2, 0) is 14.8 Å². The molecule has 0 radical (unpaired) electrons. The number of primary sulfonamides is 1. The smallest absolute Gasteiger partial charge is 0.239 e. The van der Waals surface area contributed by atoms with E-state index < -0.39 is 15.8 Å². The molecule has 27 heavy (non-hydrogen) atoms. The summed E-state index contributed by atoms with van der Waals surface area (Å²) < 4.78 is 35.7. The molecule has 2 aromatic rings. The maximum absolute atomic E-state index is 13.2. The van der Waals surface area contributed by atoms with E-state index in [1.165, 1.54) is 30.5 Å². The Morgan fingerprint density at radius 2 is 1.93 bits per heavy atom. The molecule has 1 aliphatic heterocycles. The number of amides is 1. The molecule has 3 rings (SSSR count). The van der Waals surface area contributed by atoms with Crippen molar-refractivity contribution < 1.29 is 17.6 Å². The summed E-state index contributed by atoms with van der Waals surface area (Å²) in [6.07, 6.45) is 1.24. The minimum absolute atomic E-state index is 0.0288. The van der Waals surface area contributed by atoms with Gasteiger partial charge in [0.05, 0.1) is 6.54 Å². The number of pyridine rings is 1. The molecule has 1 aromatic carbocycles. The average Bonchev–Trinajstić information content (AvgIpc) is 2.62. The molecule has 0 unspecified atom stereocenters. The van der Waals surface area contributed by atoms with Crippen LogP contribution in [0.4, 0.5) is 15.9 Å². The van der Waals surface area contributed by atoms with Crippen molar-refractivity contribution in [2.75, 3.05) is 42.9 Å². The highest BCUT2D eigenvalue weighted by Gasteiger charge is 2.20. The van der Waals surface area contributed by atoms with E-state index in [1.807, 2.05) is 9.80 Å². The van der Waals surface area contributed by atoms with Crippen LogP contribution in [0.2, 0.25) is 0 Å². The van der Waals surface area contributed by atoms with Gasteiger partial charge in [-0.15, -0.1) is 0 Å². The number of rotatable bonds is 5. The van der Waals surface area contributed by atoms with Crippen molar-refractivity contribution in [2.24, 2.45) is 5.14 Å². The molecule has 1 fully saturated rings. The summed E-state index contributed by atoms with van der Waals surface area (Å²) >= 11 is 0. The van der Waals surface area contributed by atoms with Gasteiger partial charge in [0, 0.05) is 38.1 Å². The molecule has 8 nitrogen and oxygen atoms in total. The zero-order valence-corrected chi connectivity index (χ0v) is 15.3. The van der Waals surface area contributed by atoms with Gasteiger partial charge < -0.3 is 10.2 Å². The van der Waals surface area contributed by atoms with Crippen LogP contribution in [-0.4, -0.2) is 56.9 Å². The van der Waals surface area contributed by atoms with E-state index in [2.05, 4.69) is 10.3 Å². The van der Waals surface area contributed by atoms with Gasteiger partial charge in [0.2, 0.25) is 15.9 Å². The van der Waals surface area contributed by atoms with Gasteiger partial charge in [0.15, 0.2) is 0 Å². The Labute approximate surface area is 156 Å². The summed E-state index contributed by atoms with van der Waals surface area (Å²) in [6.45, 7) is 2.80. The first-order valence-corrected chi connectivity index (χ1v) is 9.87. The second kappa shape index (κ2) is 7.99. The Morgan fingerprint density at radius 1 is 1.19 bits per heavy atom. The number of aromatic nitrogens is 1. The molecule has 0 bridgehead atoms. The molecule has 3 N–H and O–H groups in total. The van der Waals surface area contributed by atoms with Gasteiger partial charge in [-0.3, -0.25) is 9.69 Å². The molecule has 0 aliphatic carbocycles. The third kappa shape index (κ3) is 5.22. The lowest BCUT2D eigenvalue weighted by molar-refractivity contribution is -0.117. The first-order valence-electron chi connectivity index (χ1n) is 8.33. The van der Waals surface area contributed by atoms with Crippen LogP contribution in [0, 0.1) is 5.82 Å². The van der Waals surface area contributed by atoms with E-state index in [-0.39, 0.29) is 17.3 Å². The number of carbonyl (C=O) groups is 1. The van der Waals surface area contributed by atoms with Crippen LogP contribution in [0.5, 0.6) is 0 Å². The van der Waals surface area contributed by atoms with Crippen LogP contribution < -0.4 is 15.4 Å². The normalized spacial score (nSPS) is 15.6. The number of anilines is 2. The minimum Gasteiger partial charge on any atom is -0.354 e. The number of carbonyl (C=O) groups excluding carboxylic acids is 1. The first kappa shape index (κ1) is 19.2. The quantitative estimate of drug-likeness (QED) is 0.771. The number of hydrogen-bond donors (Lipinski definition) is 2. The van der Waals surface area contributed by atoms with Crippen molar-refractivity contribution >= 4 is 27.4 Å². The molecule has 2 heterocycles. The SMILES string of the molecule is NS(=O)(=O)c1ccc(N2CCN(CC(=O)Nc3cccc(F)c3)CC2)nc1. The Bertz CT molecular complexity index is 912. The molecular weight excluding hydrogens is 373 g/mol. The summed E-state index contributed by atoms with van der Waals surface area (Å²) in [5.74, 6) is 0.0540. The van der Waals surface area contributed by atoms with Gasteiger partial charge in [-0.1, -0.05) is 6.07 Å². The topological polar surface area (TPSA) is 109 Å². The third-order valence-corrected chi connectivity index (χ3v) is 5.12. The van der Waals surface area contributed by atoms with E-state index in [0.29, 0.717) is 37.7 Å². The molecular formula is C17H20FN5O3S. The number of nitrogens with two attached hydrogens (primary N) is 1. The third-order valence-electron chi connectivity index (χ3n) is 4.22. The number of halogens is 1. The van der Waals surface area contributed by atoms with E-state index in [1.54, 1.807) is 12.1 Å². The number of hydrogen-bond acceptors (Lipinski definition) is 6. The second-order valence-electron chi connectivity index (χ2n) is 6.22. The first-order chi connectivity index (χ1) is 12.8. The van der Waals surface area contributed by atoms with Gasteiger partial charge in [0.1, 0.15) is 16.5 Å². The summed E-state index contributed by atoms with van der Waals surface area (Å²) in [4.78, 5) is 20.2. The fraction of sp³-hybridized carbons (Fsp3) is 0.294. The van der Waals surface area contributed by atoms with Gasteiger partial charge in [-0.2, -0.15) is 0 Å². The molecule has 1 amide bonds. The number of sulfonamides is 1. The van der Waals surface area contributed by atoms with Gasteiger partial charge >= 0.3 is 0 Å². The van der Waals surface area contributed by atoms with Gasteiger partial charge in [0.25, 0.3) is 0 Å². The maximum atomic E-state index is 13.2. The molecule has 0 saturated carbocycles. The van der Waals surface area contributed by atoms with Crippen molar-refractivity contribution in [3.05, 3.63) is 48.4 Å². The fourth-order valence-corrected chi connectivity index (χ4v) is 3.29. The molecule has 1 aliphatic rings. The standard InChI is InChI=1S/C17H20FN5O3S/c18-13-2-1-3-14(10-13)21-17(24)12-22-6-8-23(9-7-22)16-5-4-15(11-20-16)27(19,25)26/h1-5,10-11H,6-9,12H2,(H,21,24)(H2,19,25,26). The summed E-state index contributed by atoms with van der Waals surface area (Å²) in [6, 6.07) is 8.81. The van der Waals surface area contributed by atoms with E-state index in [9.17, 15) is 17.6 Å². The van der Waals surface area contributed by atoms with Crippen LogP contribution in [0.25, 0.3) is 0 Å². The van der Waals surface area contributed by atoms with Crippen molar-refractivity contribution in [2.45, 2.75) is 4.90 Å². The predicted molar refractivity (Wildman–Crippen MR) is 99.3 cm³/mol. The zero-order valence-electron chi connectivity index (χ0n) is 14.5. The van der Waals surface area contributed by atoms with Crippen LogP contribution in [0.1, 0.15) is 0 Å². The highest BCUT2D eigenvalue weighted by atomic mass is 32.2. The highest BCUT2D eigenvalue weighted by Crippen LogP contribution is 2.16. The molecule has 1 saturated heterocycles. The minimum atomic E-state index is -3.76. The van der Waals surface area contributed by atoms with Crippen LogP contribution in [0.3, 0.4) is 0 Å². The lowest BCUT2D eigenvalue weighted by atomic mass is 10.3. The fourth-order valence-electron chi connectivity index (χ4n) is 2.83. The summed E-state index contributed by atoms with van der Waals surface area (Å²) in [5.41, 5.74) is 0.429. The largest absolute Gasteiger partial charge is 0.354 e. The Balaban J connectivity index is 1.50. The average molecular weight is 393 g/mol. The van der Waals surface area contributed by atoms with Crippen molar-refractivity contribution in [3.8, 4) is 0 Å². The van der Waals surface area contributed by atoms with E-state index in [4.69, 9.17) is 5.14 Å². The Hall–Kier alpha value is -2.56. The Morgan fingerprint density at radius 3 is 2.52 bits per heavy atom. The number of benzene rings is 1. The summed E-state index contributed by atoms with van der Waals surface area (Å²) in [5, 5.41) is 7.74. The lowest BCUT2D eigenvalue weighted by Gasteiger charge is -2.35. The highest BCUT2D eigenvalue weighted by molar-refractivity contribution is 7.89. The molecule has 0 atom stereocenters. The summed E-state index contributed by atoms with van der Waals surface area (Å²) in [7, 11) is -3.76. The second-order valence-corrected chi connectivity index (χ2v) is 7.78. The molecule has 144 valence electrons.